The topological polar surface area (TPSA) is 49.3 Å². The fraction of sp³-hybridized carbons (Fsp3) is 0.435. The van der Waals surface area contributed by atoms with Gasteiger partial charge in [0.05, 0.1) is 28.4 Å². The Morgan fingerprint density at radius 2 is 1.55 bits per heavy atom. The molecule has 2 N–H and O–H groups in total. The minimum absolute atomic E-state index is 0.112. The molecule has 2 saturated carbocycles. The third-order valence-corrected chi connectivity index (χ3v) is 7.58. The van der Waals surface area contributed by atoms with Crippen molar-refractivity contribution in [2.45, 2.75) is 43.6 Å². The van der Waals surface area contributed by atoms with Gasteiger partial charge in [-0.05, 0) is 84.4 Å². The standard InChI is InChI=1S/C23H18ClF6NO2/c24-14-7-15-17-9-1-2-10(3-9)18(17)19(31-20(15)16(8-14)21(32)33)11-4-12(22(25,26)27)6-13(5-11)23(28,29)30/h4-10,17-19,31H,1-3H2,(H,32,33)/t9-,10+,17+,18-,19-/m0/s1. The molecule has 10 heteroatoms. The molecule has 33 heavy (non-hydrogen) atoms. The summed E-state index contributed by atoms with van der Waals surface area (Å²) in [6.07, 6.45) is -7.42. The van der Waals surface area contributed by atoms with Gasteiger partial charge in [-0.15, -0.1) is 0 Å². The molecule has 0 saturated heterocycles. The maximum absolute atomic E-state index is 13.5. The number of hydrogen-bond donors (Lipinski definition) is 2. The largest absolute Gasteiger partial charge is 0.478 e. The summed E-state index contributed by atoms with van der Waals surface area (Å²) in [4.78, 5) is 11.9. The van der Waals surface area contributed by atoms with Crippen LogP contribution in [0, 0.1) is 17.8 Å². The van der Waals surface area contributed by atoms with Crippen LogP contribution in [0.25, 0.3) is 0 Å². The molecule has 1 aliphatic heterocycles. The fourth-order valence-electron chi connectivity index (χ4n) is 6.21. The number of hydrogen-bond acceptors (Lipinski definition) is 2. The highest BCUT2D eigenvalue weighted by Gasteiger charge is 2.54. The number of halogens is 7. The number of carbonyl (C=O) groups is 1. The molecule has 2 aromatic carbocycles. The van der Waals surface area contributed by atoms with Gasteiger partial charge in [0, 0.05) is 5.02 Å². The number of alkyl halides is 6. The van der Waals surface area contributed by atoms with Gasteiger partial charge >= 0.3 is 18.3 Å². The van der Waals surface area contributed by atoms with E-state index in [1.807, 2.05) is 0 Å². The number of rotatable bonds is 2. The molecule has 5 atom stereocenters. The van der Waals surface area contributed by atoms with Crippen molar-refractivity contribution in [3.05, 3.63) is 63.2 Å². The number of nitrogens with one attached hydrogen (secondary N) is 1. The fourth-order valence-corrected chi connectivity index (χ4v) is 6.44. The Labute approximate surface area is 189 Å². The SMILES string of the molecule is O=C(O)c1cc(Cl)cc2c1N[C@@H](c1cc(C(F)(F)F)cc(C(F)(F)F)c1)[C@H]1[C@@H]3CC[C@@H](C3)[C@H]21. The summed E-state index contributed by atoms with van der Waals surface area (Å²) in [6, 6.07) is 3.63. The summed E-state index contributed by atoms with van der Waals surface area (Å²) in [5, 5.41) is 13.0. The van der Waals surface area contributed by atoms with Gasteiger partial charge in [0.15, 0.2) is 0 Å². The molecule has 2 fully saturated rings. The first-order valence-corrected chi connectivity index (χ1v) is 10.8. The van der Waals surface area contributed by atoms with Crippen molar-refractivity contribution >= 4 is 23.3 Å². The highest BCUT2D eigenvalue weighted by Crippen LogP contribution is 2.64. The summed E-state index contributed by atoms with van der Waals surface area (Å²) in [5.41, 5.74) is -2.15. The zero-order chi connectivity index (χ0) is 23.9. The average molecular weight is 490 g/mol. The van der Waals surface area contributed by atoms with Gasteiger partial charge in [-0.2, -0.15) is 26.3 Å². The molecule has 0 unspecified atom stereocenters. The lowest BCUT2D eigenvalue weighted by atomic mass is 9.67. The van der Waals surface area contributed by atoms with Crippen molar-refractivity contribution in [1.29, 1.82) is 0 Å². The van der Waals surface area contributed by atoms with Crippen LogP contribution in [0.5, 0.6) is 0 Å². The van der Waals surface area contributed by atoms with Gasteiger partial charge in [0.1, 0.15) is 0 Å². The van der Waals surface area contributed by atoms with Crippen LogP contribution in [-0.2, 0) is 12.4 Å². The van der Waals surface area contributed by atoms with E-state index in [-0.39, 0.29) is 51.6 Å². The molecule has 0 spiro atoms. The van der Waals surface area contributed by atoms with E-state index in [2.05, 4.69) is 5.32 Å². The van der Waals surface area contributed by atoms with E-state index in [0.717, 1.165) is 31.4 Å². The molecule has 2 aliphatic carbocycles. The Morgan fingerprint density at radius 3 is 2.12 bits per heavy atom. The third kappa shape index (κ3) is 3.64. The van der Waals surface area contributed by atoms with Crippen molar-refractivity contribution < 1.29 is 36.2 Å². The lowest BCUT2D eigenvalue weighted by Crippen LogP contribution is -2.36. The highest BCUT2D eigenvalue weighted by atomic mass is 35.5. The van der Waals surface area contributed by atoms with Gasteiger partial charge in [0.25, 0.3) is 0 Å². The van der Waals surface area contributed by atoms with Gasteiger partial charge in [-0.1, -0.05) is 11.6 Å². The molecule has 2 bridgehead atoms. The van der Waals surface area contributed by atoms with Crippen LogP contribution in [0.1, 0.15) is 63.8 Å². The van der Waals surface area contributed by atoms with Crippen molar-refractivity contribution in [2.24, 2.45) is 17.8 Å². The van der Waals surface area contributed by atoms with E-state index in [1.165, 1.54) is 6.07 Å². The Morgan fingerprint density at radius 1 is 0.939 bits per heavy atom. The average Bonchev–Trinajstić information content (AvgIpc) is 3.33. The molecule has 3 aliphatic rings. The first-order valence-electron chi connectivity index (χ1n) is 10.5. The summed E-state index contributed by atoms with van der Waals surface area (Å²) >= 11 is 6.17. The number of benzene rings is 2. The quantitative estimate of drug-likeness (QED) is 0.433. The number of carboxylic acid groups (broad SMARTS) is 1. The summed E-state index contributed by atoms with van der Waals surface area (Å²) in [5.74, 6) is -1.44. The molecule has 3 nitrogen and oxygen atoms in total. The van der Waals surface area contributed by atoms with Crippen LogP contribution in [0.2, 0.25) is 5.02 Å². The second-order valence-electron chi connectivity index (χ2n) is 9.12. The van der Waals surface area contributed by atoms with Crippen molar-refractivity contribution in [1.82, 2.24) is 0 Å². The molecule has 0 aromatic heterocycles. The highest BCUT2D eigenvalue weighted by molar-refractivity contribution is 6.31. The van der Waals surface area contributed by atoms with Crippen molar-refractivity contribution in [2.75, 3.05) is 5.32 Å². The second-order valence-corrected chi connectivity index (χ2v) is 9.56. The van der Waals surface area contributed by atoms with Crippen LogP contribution in [0.15, 0.2) is 30.3 Å². The van der Waals surface area contributed by atoms with E-state index in [1.54, 1.807) is 6.07 Å². The van der Waals surface area contributed by atoms with Crippen LogP contribution in [-0.4, -0.2) is 11.1 Å². The van der Waals surface area contributed by atoms with E-state index in [0.29, 0.717) is 5.56 Å². The van der Waals surface area contributed by atoms with Gasteiger partial charge in [-0.3, -0.25) is 0 Å². The summed E-state index contributed by atoms with van der Waals surface area (Å²) < 4.78 is 81.0. The Kier molecular flexibility index (Phi) is 4.94. The summed E-state index contributed by atoms with van der Waals surface area (Å²) in [7, 11) is 0. The maximum atomic E-state index is 13.5. The number of fused-ring (bicyclic) bond motifs is 7. The predicted molar refractivity (Wildman–Crippen MR) is 108 cm³/mol. The van der Waals surface area contributed by atoms with Crippen LogP contribution < -0.4 is 5.32 Å². The van der Waals surface area contributed by atoms with Crippen LogP contribution >= 0.6 is 11.6 Å². The molecular formula is C23H18ClF6NO2. The Balaban J connectivity index is 1.71. The van der Waals surface area contributed by atoms with Crippen molar-refractivity contribution in [3.63, 3.8) is 0 Å². The van der Waals surface area contributed by atoms with E-state index < -0.39 is 35.5 Å². The molecule has 0 radical (unpaired) electrons. The first kappa shape index (κ1) is 22.4. The zero-order valence-electron chi connectivity index (χ0n) is 16.9. The maximum Gasteiger partial charge on any atom is 0.416 e. The number of aromatic carboxylic acids is 1. The smallest absolute Gasteiger partial charge is 0.416 e. The van der Waals surface area contributed by atoms with Gasteiger partial charge < -0.3 is 10.4 Å². The molecule has 5 rings (SSSR count). The first-order chi connectivity index (χ1) is 15.3. The second kappa shape index (κ2) is 7.29. The number of anilines is 1. The van der Waals surface area contributed by atoms with Gasteiger partial charge in [-0.25, -0.2) is 4.79 Å². The van der Waals surface area contributed by atoms with Gasteiger partial charge in [0.2, 0.25) is 0 Å². The molecule has 0 amide bonds. The molecular weight excluding hydrogens is 472 g/mol. The minimum Gasteiger partial charge on any atom is -0.478 e. The van der Waals surface area contributed by atoms with E-state index >= 15 is 0 Å². The van der Waals surface area contributed by atoms with E-state index in [9.17, 15) is 36.2 Å². The number of carboxylic acids is 1. The van der Waals surface area contributed by atoms with Crippen LogP contribution in [0.3, 0.4) is 0 Å². The van der Waals surface area contributed by atoms with Crippen molar-refractivity contribution in [3.8, 4) is 0 Å². The lowest BCUT2D eigenvalue weighted by molar-refractivity contribution is -0.143. The molecule has 1 heterocycles. The monoisotopic (exact) mass is 489 g/mol. The predicted octanol–water partition coefficient (Wildman–Crippen LogP) is 7.37. The third-order valence-electron chi connectivity index (χ3n) is 7.36. The lowest BCUT2D eigenvalue weighted by Gasteiger charge is -2.44. The van der Waals surface area contributed by atoms with Crippen LogP contribution in [0.4, 0.5) is 32.0 Å². The minimum atomic E-state index is -4.96. The molecule has 176 valence electrons. The Bertz CT molecular complexity index is 1110. The Hall–Kier alpha value is -2.42. The zero-order valence-corrected chi connectivity index (χ0v) is 17.7. The molecule has 2 aromatic rings. The summed E-state index contributed by atoms with van der Waals surface area (Å²) in [6.45, 7) is 0. The van der Waals surface area contributed by atoms with E-state index in [4.69, 9.17) is 11.6 Å². The normalized spacial score (nSPS) is 28.3.